The molecule has 4 nitrogen and oxygen atoms in total. The molecular weight excluding hydrogens is 286 g/mol. The van der Waals surface area contributed by atoms with Crippen LogP contribution < -0.4 is 10.9 Å². The summed E-state index contributed by atoms with van der Waals surface area (Å²) >= 11 is 6.15. The standard InChI is InChI=1S/C16H26ClN3O/c1-11(2)7-8-12(3)19-15-14(17)9-18-20(16(15)21)10-13-5-4-6-13/h9,11-13,19H,4-8,10H2,1-3H3. The van der Waals surface area contributed by atoms with Crippen LogP contribution in [0.1, 0.15) is 52.9 Å². The van der Waals surface area contributed by atoms with Crippen LogP contribution in [0.2, 0.25) is 5.02 Å². The van der Waals surface area contributed by atoms with Gasteiger partial charge in [-0.25, -0.2) is 4.68 Å². The molecule has 5 heteroatoms. The Kier molecular flexibility index (Phi) is 5.68. The van der Waals surface area contributed by atoms with E-state index in [4.69, 9.17) is 11.6 Å². The van der Waals surface area contributed by atoms with E-state index in [0.29, 0.717) is 29.1 Å². The minimum Gasteiger partial charge on any atom is -0.377 e. The van der Waals surface area contributed by atoms with Crippen LogP contribution in [0.25, 0.3) is 0 Å². The largest absolute Gasteiger partial charge is 0.377 e. The smallest absolute Gasteiger partial charge is 0.291 e. The molecule has 1 aromatic heterocycles. The molecule has 21 heavy (non-hydrogen) atoms. The van der Waals surface area contributed by atoms with Gasteiger partial charge in [0.05, 0.1) is 11.2 Å². The minimum absolute atomic E-state index is 0.0919. The molecule has 0 saturated heterocycles. The van der Waals surface area contributed by atoms with E-state index >= 15 is 0 Å². The Morgan fingerprint density at radius 1 is 1.38 bits per heavy atom. The SMILES string of the molecule is CC(C)CCC(C)Nc1c(Cl)cnn(CC2CCC2)c1=O. The van der Waals surface area contributed by atoms with Crippen LogP contribution in [0, 0.1) is 11.8 Å². The fourth-order valence-electron chi connectivity index (χ4n) is 2.55. The van der Waals surface area contributed by atoms with Crippen molar-refractivity contribution >= 4 is 17.3 Å². The number of nitrogens with one attached hydrogen (secondary N) is 1. The highest BCUT2D eigenvalue weighted by molar-refractivity contribution is 6.33. The van der Waals surface area contributed by atoms with Crippen molar-refractivity contribution < 1.29 is 0 Å². The van der Waals surface area contributed by atoms with Gasteiger partial charge in [-0.05, 0) is 44.4 Å². The van der Waals surface area contributed by atoms with Gasteiger partial charge in [0, 0.05) is 12.6 Å². The van der Waals surface area contributed by atoms with Gasteiger partial charge in [-0.3, -0.25) is 4.79 Å². The third kappa shape index (κ3) is 4.47. The Hall–Kier alpha value is -1.03. The van der Waals surface area contributed by atoms with Gasteiger partial charge in [0.15, 0.2) is 0 Å². The molecule has 1 N–H and O–H groups in total. The molecule has 0 aliphatic heterocycles. The quantitative estimate of drug-likeness (QED) is 0.830. The van der Waals surface area contributed by atoms with Crippen molar-refractivity contribution in [2.75, 3.05) is 5.32 Å². The molecule has 0 spiro atoms. The number of rotatable bonds is 7. The zero-order valence-corrected chi connectivity index (χ0v) is 14.0. The van der Waals surface area contributed by atoms with Gasteiger partial charge in [0.1, 0.15) is 5.69 Å². The Balaban J connectivity index is 2.06. The number of hydrogen-bond donors (Lipinski definition) is 1. The Morgan fingerprint density at radius 2 is 2.10 bits per heavy atom. The second kappa shape index (κ2) is 7.30. The monoisotopic (exact) mass is 311 g/mol. The Labute approximate surface area is 131 Å². The zero-order valence-electron chi connectivity index (χ0n) is 13.2. The number of nitrogens with zero attached hydrogens (tertiary/aromatic N) is 2. The maximum Gasteiger partial charge on any atom is 0.291 e. The molecule has 1 atom stereocenters. The highest BCUT2D eigenvalue weighted by Gasteiger charge is 2.20. The van der Waals surface area contributed by atoms with E-state index in [2.05, 4.69) is 31.2 Å². The first-order valence-corrected chi connectivity index (χ1v) is 8.37. The van der Waals surface area contributed by atoms with Crippen LogP contribution in [-0.2, 0) is 6.54 Å². The van der Waals surface area contributed by atoms with E-state index in [-0.39, 0.29) is 11.6 Å². The van der Waals surface area contributed by atoms with E-state index in [1.807, 2.05) is 0 Å². The molecule has 1 aliphatic carbocycles. The van der Waals surface area contributed by atoms with Gasteiger partial charge in [0.2, 0.25) is 0 Å². The fourth-order valence-corrected chi connectivity index (χ4v) is 2.73. The van der Waals surface area contributed by atoms with Crippen molar-refractivity contribution in [2.24, 2.45) is 11.8 Å². The van der Waals surface area contributed by atoms with Crippen molar-refractivity contribution in [3.8, 4) is 0 Å². The predicted octanol–water partition coefficient (Wildman–Crippen LogP) is 3.93. The number of anilines is 1. The van der Waals surface area contributed by atoms with Gasteiger partial charge in [-0.1, -0.05) is 31.9 Å². The van der Waals surface area contributed by atoms with E-state index in [0.717, 1.165) is 12.8 Å². The van der Waals surface area contributed by atoms with Gasteiger partial charge in [0.25, 0.3) is 5.56 Å². The first-order valence-electron chi connectivity index (χ1n) is 7.99. The lowest BCUT2D eigenvalue weighted by molar-refractivity contribution is 0.262. The van der Waals surface area contributed by atoms with Gasteiger partial charge in [-0.15, -0.1) is 0 Å². The van der Waals surface area contributed by atoms with E-state index < -0.39 is 0 Å². The molecule has 1 aliphatic rings. The number of halogens is 1. The normalized spacial score (nSPS) is 16.8. The summed E-state index contributed by atoms with van der Waals surface area (Å²) in [4.78, 5) is 12.5. The highest BCUT2D eigenvalue weighted by atomic mass is 35.5. The molecule has 1 heterocycles. The molecule has 0 amide bonds. The number of hydrogen-bond acceptors (Lipinski definition) is 3. The van der Waals surface area contributed by atoms with Crippen molar-refractivity contribution in [3.63, 3.8) is 0 Å². The van der Waals surface area contributed by atoms with Crippen LogP contribution >= 0.6 is 11.6 Å². The molecule has 2 rings (SSSR count). The molecule has 0 radical (unpaired) electrons. The zero-order chi connectivity index (χ0) is 15.4. The molecule has 118 valence electrons. The summed E-state index contributed by atoms with van der Waals surface area (Å²) in [5.74, 6) is 1.26. The van der Waals surface area contributed by atoms with Crippen molar-refractivity contribution in [2.45, 2.75) is 65.5 Å². The summed E-state index contributed by atoms with van der Waals surface area (Å²) in [6.07, 6.45) is 7.41. The van der Waals surface area contributed by atoms with Crippen molar-refractivity contribution in [1.29, 1.82) is 0 Å². The van der Waals surface area contributed by atoms with E-state index in [1.165, 1.54) is 19.3 Å². The maximum absolute atomic E-state index is 12.5. The van der Waals surface area contributed by atoms with Gasteiger partial charge in [-0.2, -0.15) is 5.10 Å². The average molecular weight is 312 g/mol. The molecule has 1 saturated carbocycles. The average Bonchev–Trinajstić information content (AvgIpc) is 2.38. The number of aromatic nitrogens is 2. The van der Waals surface area contributed by atoms with E-state index in [9.17, 15) is 4.79 Å². The van der Waals surface area contributed by atoms with Crippen LogP contribution in [0.5, 0.6) is 0 Å². The Bertz CT molecular complexity index is 523. The van der Waals surface area contributed by atoms with Crippen LogP contribution in [0.3, 0.4) is 0 Å². The molecular formula is C16H26ClN3O. The predicted molar refractivity (Wildman–Crippen MR) is 88.0 cm³/mol. The first kappa shape index (κ1) is 16.3. The lowest BCUT2D eigenvalue weighted by Crippen LogP contribution is -2.32. The summed E-state index contributed by atoms with van der Waals surface area (Å²) in [6.45, 7) is 7.22. The summed E-state index contributed by atoms with van der Waals surface area (Å²) in [5, 5.41) is 7.87. The fraction of sp³-hybridized carbons (Fsp3) is 0.750. The van der Waals surface area contributed by atoms with Crippen LogP contribution in [-0.4, -0.2) is 15.8 Å². The molecule has 1 aromatic rings. The van der Waals surface area contributed by atoms with E-state index in [1.54, 1.807) is 10.9 Å². The van der Waals surface area contributed by atoms with Crippen molar-refractivity contribution in [3.05, 3.63) is 21.6 Å². The highest BCUT2D eigenvalue weighted by Crippen LogP contribution is 2.27. The van der Waals surface area contributed by atoms with Crippen LogP contribution in [0.15, 0.2) is 11.0 Å². The van der Waals surface area contributed by atoms with Crippen LogP contribution in [0.4, 0.5) is 5.69 Å². The van der Waals surface area contributed by atoms with Gasteiger partial charge < -0.3 is 5.32 Å². The molecule has 1 unspecified atom stereocenters. The Morgan fingerprint density at radius 3 is 2.67 bits per heavy atom. The summed E-state index contributed by atoms with van der Waals surface area (Å²) in [7, 11) is 0. The molecule has 0 bridgehead atoms. The maximum atomic E-state index is 12.5. The third-order valence-corrected chi connectivity index (χ3v) is 4.51. The lowest BCUT2D eigenvalue weighted by Gasteiger charge is -2.25. The summed E-state index contributed by atoms with van der Waals surface area (Å²) in [5.41, 5.74) is 0.410. The summed E-state index contributed by atoms with van der Waals surface area (Å²) < 4.78 is 1.56. The summed E-state index contributed by atoms with van der Waals surface area (Å²) in [6, 6.07) is 0.233. The van der Waals surface area contributed by atoms with Gasteiger partial charge >= 0.3 is 0 Å². The second-order valence-electron chi connectivity index (χ2n) is 6.67. The third-order valence-electron chi connectivity index (χ3n) is 4.22. The second-order valence-corrected chi connectivity index (χ2v) is 7.08. The molecule has 1 fully saturated rings. The van der Waals surface area contributed by atoms with Crippen molar-refractivity contribution in [1.82, 2.24) is 9.78 Å². The topological polar surface area (TPSA) is 46.9 Å². The lowest BCUT2D eigenvalue weighted by atomic mass is 9.85. The molecule has 0 aromatic carbocycles. The first-order chi connectivity index (χ1) is 9.97. The minimum atomic E-state index is -0.0919.